The van der Waals surface area contributed by atoms with Crippen LogP contribution in [-0.4, -0.2) is 5.97 Å². The third-order valence-electron chi connectivity index (χ3n) is 0.211. The third kappa shape index (κ3) is 2.01. The van der Waals surface area contributed by atoms with E-state index in [0.717, 1.165) is 0 Å². The Hall–Kier alpha value is -0.256. The van der Waals surface area contributed by atoms with Crippen LogP contribution in [0, 0.1) is 12.3 Å². The fourth-order valence-corrected chi connectivity index (χ4v) is 0.121. The van der Waals surface area contributed by atoms with Crippen molar-refractivity contribution in [3.63, 3.8) is 0 Å². The van der Waals surface area contributed by atoms with E-state index in [1.807, 2.05) is 0 Å². The standard InChI is InChI=1S/C3H2O2.Ti/c1-2-3(4)5;/h1H,(H,4,5);/q;+1/p-1. The van der Waals surface area contributed by atoms with Gasteiger partial charge in [-0.1, -0.05) is 0 Å². The second kappa shape index (κ2) is 2.96. The van der Waals surface area contributed by atoms with Crippen molar-refractivity contribution in [1.82, 2.24) is 0 Å². The van der Waals surface area contributed by atoms with Gasteiger partial charge in [0.2, 0.25) is 0 Å². The molecular formula is C3HO2Ti. The summed E-state index contributed by atoms with van der Waals surface area (Å²) in [5.41, 5.74) is 0. The molecule has 0 aromatic carbocycles. The average molecular weight is 117 g/mol. The molecule has 0 amide bonds. The second-order valence-electron chi connectivity index (χ2n) is 0.534. The predicted molar refractivity (Wildman–Crippen MR) is 14.9 cm³/mol. The van der Waals surface area contributed by atoms with E-state index in [0.29, 0.717) is 0 Å². The Morgan fingerprint density at radius 2 is 2.50 bits per heavy atom. The van der Waals surface area contributed by atoms with Crippen LogP contribution < -0.4 is 0 Å². The predicted octanol–water partition coefficient (Wildman–Crippen LogP) is -0.375. The van der Waals surface area contributed by atoms with Crippen molar-refractivity contribution in [1.29, 1.82) is 0 Å². The third-order valence-corrected chi connectivity index (χ3v) is 0.500. The van der Waals surface area contributed by atoms with Gasteiger partial charge in [-0.15, -0.1) is 0 Å². The first-order valence-electron chi connectivity index (χ1n) is 1.15. The van der Waals surface area contributed by atoms with Crippen molar-refractivity contribution < 1.29 is 28.9 Å². The summed E-state index contributed by atoms with van der Waals surface area (Å²) in [5, 5.41) is 0. The Morgan fingerprint density at radius 3 is 2.50 bits per heavy atom. The maximum absolute atomic E-state index is 9.72. The molecule has 0 heterocycles. The van der Waals surface area contributed by atoms with Gasteiger partial charge in [0.05, 0.1) is 0 Å². The van der Waals surface area contributed by atoms with Gasteiger partial charge in [-0.05, 0) is 0 Å². The molecule has 0 aromatic rings. The molecule has 29 valence electrons. The number of carbonyl (C=O) groups excluding carboxylic acids is 1. The van der Waals surface area contributed by atoms with Crippen LogP contribution in [0.4, 0.5) is 0 Å². The average Bonchev–Trinajstić information content (AvgIpc) is 1.65. The first-order valence-corrected chi connectivity index (χ1v) is 1.79. The van der Waals surface area contributed by atoms with Crippen LogP contribution in [0.2, 0.25) is 0 Å². The SMILES string of the molecule is C#CC(=O)[O][Ti]. The number of hydrogen-bond acceptors (Lipinski definition) is 2. The topological polar surface area (TPSA) is 26.3 Å². The molecule has 2 nitrogen and oxygen atoms in total. The van der Waals surface area contributed by atoms with E-state index >= 15 is 0 Å². The summed E-state index contributed by atoms with van der Waals surface area (Å²) in [5.74, 6) is 1.12. The number of terminal acetylenes is 1. The zero-order chi connectivity index (χ0) is 4.99. The Bertz CT molecular complexity index is 91.5. The van der Waals surface area contributed by atoms with Gasteiger partial charge in [0.25, 0.3) is 0 Å². The molecule has 0 N–H and O–H groups in total. The molecule has 0 bridgehead atoms. The summed E-state index contributed by atoms with van der Waals surface area (Å²) in [7, 11) is 0. The van der Waals surface area contributed by atoms with Crippen LogP contribution in [-0.2, 0) is 28.9 Å². The summed E-state index contributed by atoms with van der Waals surface area (Å²) in [6, 6.07) is 0. The first-order chi connectivity index (χ1) is 2.81. The van der Waals surface area contributed by atoms with Crippen LogP contribution in [0.3, 0.4) is 0 Å². The Morgan fingerprint density at radius 1 is 2.00 bits per heavy atom. The van der Waals surface area contributed by atoms with E-state index in [2.05, 4.69) is 9.74 Å². The first kappa shape index (κ1) is 5.74. The Kier molecular flexibility index (Phi) is 2.83. The van der Waals surface area contributed by atoms with Crippen LogP contribution in [0.15, 0.2) is 0 Å². The van der Waals surface area contributed by atoms with Crippen LogP contribution in [0.5, 0.6) is 0 Å². The number of rotatable bonds is 0. The summed E-state index contributed by atoms with van der Waals surface area (Å²) in [6.07, 6.45) is 4.56. The molecule has 0 unspecified atom stereocenters. The molecule has 6 heavy (non-hydrogen) atoms. The molecule has 0 aliphatic rings. The van der Waals surface area contributed by atoms with Gasteiger partial charge in [0, 0.05) is 0 Å². The zero-order valence-electron chi connectivity index (χ0n) is 2.89. The second-order valence-corrected chi connectivity index (χ2v) is 0.853. The fraction of sp³-hybridized carbons (Fsp3) is 0. The van der Waals surface area contributed by atoms with E-state index in [1.165, 1.54) is 20.8 Å². The molecule has 0 saturated carbocycles. The molecule has 3 heteroatoms. The van der Waals surface area contributed by atoms with E-state index in [9.17, 15) is 4.79 Å². The molecular weight excluding hydrogens is 116 g/mol. The minimum absolute atomic E-state index is 0.630. The van der Waals surface area contributed by atoms with Gasteiger partial charge in [0.1, 0.15) is 0 Å². The molecule has 0 spiro atoms. The summed E-state index contributed by atoms with van der Waals surface area (Å²) >= 11 is 1.24. The van der Waals surface area contributed by atoms with Crippen molar-refractivity contribution in [2.24, 2.45) is 0 Å². The molecule has 0 rings (SSSR count). The van der Waals surface area contributed by atoms with Gasteiger partial charge in [-0.3, -0.25) is 0 Å². The van der Waals surface area contributed by atoms with Crippen molar-refractivity contribution in [3.05, 3.63) is 0 Å². The van der Waals surface area contributed by atoms with E-state index < -0.39 is 5.97 Å². The molecule has 0 aliphatic carbocycles. The molecule has 0 saturated heterocycles. The van der Waals surface area contributed by atoms with Gasteiger partial charge < -0.3 is 0 Å². The van der Waals surface area contributed by atoms with Crippen LogP contribution in [0.25, 0.3) is 0 Å². The van der Waals surface area contributed by atoms with Crippen molar-refractivity contribution in [2.75, 3.05) is 0 Å². The zero-order valence-corrected chi connectivity index (χ0v) is 4.46. The summed E-state index contributed by atoms with van der Waals surface area (Å²) < 4.78 is 4.02. The maximum atomic E-state index is 9.72. The van der Waals surface area contributed by atoms with E-state index in [-0.39, 0.29) is 0 Å². The van der Waals surface area contributed by atoms with Crippen LogP contribution >= 0.6 is 0 Å². The molecule has 0 radical (unpaired) electrons. The van der Waals surface area contributed by atoms with Crippen LogP contribution in [0.1, 0.15) is 0 Å². The fourth-order valence-electron chi connectivity index (χ4n) is 0.0295. The minimum atomic E-state index is -0.630. The Labute approximate surface area is 47.7 Å². The van der Waals surface area contributed by atoms with Crippen molar-refractivity contribution in [3.8, 4) is 12.3 Å². The molecule has 0 fully saturated rings. The van der Waals surface area contributed by atoms with Crippen molar-refractivity contribution >= 4 is 5.97 Å². The Balaban J connectivity index is 3.33. The van der Waals surface area contributed by atoms with Crippen molar-refractivity contribution in [2.45, 2.75) is 0 Å². The molecule has 0 aliphatic heterocycles. The monoisotopic (exact) mass is 117 g/mol. The van der Waals surface area contributed by atoms with E-state index in [1.54, 1.807) is 5.92 Å². The summed E-state index contributed by atoms with van der Waals surface area (Å²) in [6.45, 7) is 0. The summed E-state index contributed by atoms with van der Waals surface area (Å²) in [4.78, 5) is 9.72. The van der Waals surface area contributed by atoms with Gasteiger partial charge >= 0.3 is 47.2 Å². The van der Waals surface area contributed by atoms with Gasteiger partial charge in [-0.2, -0.15) is 0 Å². The van der Waals surface area contributed by atoms with E-state index in [4.69, 9.17) is 0 Å². The van der Waals surface area contributed by atoms with Gasteiger partial charge in [0.15, 0.2) is 0 Å². The molecule has 0 atom stereocenters. The van der Waals surface area contributed by atoms with Gasteiger partial charge in [-0.25, -0.2) is 0 Å². The molecule has 0 aromatic heterocycles. The number of carbonyl (C=O) groups is 1. The number of hydrogen-bond donors (Lipinski definition) is 0. The normalized spacial score (nSPS) is 5.67. The quantitative estimate of drug-likeness (QED) is 0.319.